The van der Waals surface area contributed by atoms with E-state index in [0.717, 1.165) is 0 Å². The standard InChI is InChI=1S/C8H6ClF3N4/c1-3-4-5(9)13-7(8(10,11)12)14-6(4)16(2)15-3/h1-2H3. The third-order valence-corrected chi connectivity index (χ3v) is 2.34. The Morgan fingerprint density at radius 3 is 2.44 bits per heavy atom. The fourth-order valence-electron chi connectivity index (χ4n) is 1.42. The van der Waals surface area contributed by atoms with Gasteiger partial charge < -0.3 is 0 Å². The van der Waals surface area contributed by atoms with Gasteiger partial charge in [0.05, 0.1) is 11.1 Å². The number of rotatable bonds is 0. The van der Waals surface area contributed by atoms with E-state index in [1.54, 1.807) is 6.92 Å². The highest BCUT2D eigenvalue weighted by Crippen LogP contribution is 2.30. The molecule has 0 aliphatic rings. The molecule has 0 amide bonds. The van der Waals surface area contributed by atoms with Crippen LogP contribution in [0.3, 0.4) is 0 Å². The minimum Gasteiger partial charge on any atom is -0.250 e. The van der Waals surface area contributed by atoms with Crippen LogP contribution in [-0.2, 0) is 13.2 Å². The molecule has 0 atom stereocenters. The zero-order valence-corrected chi connectivity index (χ0v) is 9.06. The maximum Gasteiger partial charge on any atom is 0.451 e. The van der Waals surface area contributed by atoms with Gasteiger partial charge in [-0.15, -0.1) is 0 Å². The van der Waals surface area contributed by atoms with Crippen LogP contribution in [0.15, 0.2) is 0 Å². The molecule has 4 nitrogen and oxygen atoms in total. The molecular formula is C8H6ClF3N4. The summed E-state index contributed by atoms with van der Waals surface area (Å²) < 4.78 is 38.5. The average Bonchev–Trinajstić information content (AvgIpc) is 2.41. The lowest BCUT2D eigenvalue weighted by Gasteiger charge is -2.05. The Labute approximate surface area is 93.1 Å². The molecule has 0 bridgehead atoms. The zero-order valence-electron chi connectivity index (χ0n) is 8.30. The Morgan fingerprint density at radius 2 is 1.88 bits per heavy atom. The Kier molecular flexibility index (Phi) is 2.30. The normalized spacial score (nSPS) is 12.4. The van der Waals surface area contributed by atoms with E-state index in [0.29, 0.717) is 11.1 Å². The van der Waals surface area contributed by atoms with Crippen LogP contribution in [-0.4, -0.2) is 19.7 Å². The molecule has 0 saturated heterocycles. The molecular weight excluding hydrogens is 245 g/mol. The van der Waals surface area contributed by atoms with Gasteiger partial charge in [-0.25, -0.2) is 9.97 Å². The van der Waals surface area contributed by atoms with Crippen molar-refractivity contribution in [3.8, 4) is 0 Å². The second-order valence-electron chi connectivity index (χ2n) is 3.24. The largest absolute Gasteiger partial charge is 0.451 e. The molecule has 2 aromatic rings. The van der Waals surface area contributed by atoms with Crippen molar-refractivity contribution in [3.05, 3.63) is 16.7 Å². The van der Waals surface area contributed by atoms with Crippen LogP contribution in [0.2, 0.25) is 5.15 Å². The van der Waals surface area contributed by atoms with Crippen LogP contribution in [0.25, 0.3) is 11.0 Å². The Morgan fingerprint density at radius 1 is 1.25 bits per heavy atom. The molecule has 0 spiro atoms. The maximum absolute atomic E-state index is 12.4. The van der Waals surface area contributed by atoms with E-state index in [1.165, 1.54) is 11.7 Å². The first-order valence-corrected chi connectivity index (χ1v) is 4.62. The number of hydrogen-bond acceptors (Lipinski definition) is 3. The fourth-order valence-corrected chi connectivity index (χ4v) is 1.72. The van der Waals surface area contributed by atoms with Crippen LogP contribution in [0, 0.1) is 6.92 Å². The summed E-state index contributed by atoms with van der Waals surface area (Å²) in [5.74, 6) is -1.26. The summed E-state index contributed by atoms with van der Waals surface area (Å²) in [5.41, 5.74) is 0.570. The first-order chi connectivity index (χ1) is 7.30. The SMILES string of the molecule is Cc1nn(C)c2nc(C(F)(F)F)nc(Cl)c12. The van der Waals surface area contributed by atoms with Gasteiger partial charge in [0.2, 0.25) is 5.82 Å². The van der Waals surface area contributed by atoms with E-state index in [-0.39, 0.29) is 10.8 Å². The molecule has 0 N–H and O–H groups in total. The minimum atomic E-state index is -4.62. The van der Waals surface area contributed by atoms with Gasteiger partial charge >= 0.3 is 6.18 Å². The average molecular weight is 251 g/mol. The number of hydrogen-bond donors (Lipinski definition) is 0. The molecule has 0 aliphatic heterocycles. The quantitative estimate of drug-likeness (QED) is 0.674. The second kappa shape index (κ2) is 3.31. The van der Waals surface area contributed by atoms with Crippen molar-refractivity contribution in [1.29, 1.82) is 0 Å². The van der Waals surface area contributed by atoms with Crippen LogP contribution in [0.1, 0.15) is 11.5 Å². The molecule has 0 saturated carbocycles. The van der Waals surface area contributed by atoms with E-state index in [2.05, 4.69) is 15.1 Å². The topological polar surface area (TPSA) is 43.6 Å². The molecule has 2 aromatic heterocycles. The van der Waals surface area contributed by atoms with Gasteiger partial charge in [-0.1, -0.05) is 11.6 Å². The van der Waals surface area contributed by atoms with E-state index in [9.17, 15) is 13.2 Å². The van der Waals surface area contributed by atoms with Crippen molar-refractivity contribution in [2.24, 2.45) is 7.05 Å². The molecule has 2 rings (SSSR count). The van der Waals surface area contributed by atoms with Crippen molar-refractivity contribution in [2.75, 3.05) is 0 Å². The monoisotopic (exact) mass is 250 g/mol. The zero-order chi connectivity index (χ0) is 12.1. The number of aromatic nitrogens is 4. The summed E-state index contributed by atoms with van der Waals surface area (Å²) in [4.78, 5) is 6.63. The Bertz CT molecular complexity index is 560. The summed E-state index contributed by atoms with van der Waals surface area (Å²) >= 11 is 5.68. The molecule has 0 radical (unpaired) electrons. The van der Waals surface area contributed by atoms with Crippen molar-refractivity contribution in [3.63, 3.8) is 0 Å². The predicted molar refractivity (Wildman–Crippen MR) is 51.1 cm³/mol. The fraction of sp³-hybridized carbons (Fsp3) is 0.375. The Hall–Kier alpha value is -1.37. The van der Waals surface area contributed by atoms with Gasteiger partial charge in [-0.3, -0.25) is 4.68 Å². The first-order valence-electron chi connectivity index (χ1n) is 4.24. The summed E-state index contributed by atoms with van der Waals surface area (Å²) in [5, 5.41) is 4.05. The summed E-state index contributed by atoms with van der Waals surface area (Å²) in [6, 6.07) is 0. The number of halogens is 4. The van der Waals surface area contributed by atoms with Gasteiger partial charge in [0, 0.05) is 7.05 Å². The molecule has 0 unspecified atom stereocenters. The summed E-state index contributed by atoms with van der Waals surface area (Å²) in [6.45, 7) is 1.63. The van der Waals surface area contributed by atoms with Gasteiger partial charge in [-0.05, 0) is 6.92 Å². The lowest BCUT2D eigenvalue weighted by Crippen LogP contribution is -2.11. The number of alkyl halides is 3. The highest BCUT2D eigenvalue weighted by molar-refractivity contribution is 6.34. The van der Waals surface area contributed by atoms with Crippen molar-refractivity contribution < 1.29 is 13.2 Å². The minimum absolute atomic E-state index is 0.0739. The van der Waals surface area contributed by atoms with E-state index in [4.69, 9.17) is 11.6 Å². The van der Waals surface area contributed by atoms with E-state index in [1.807, 2.05) is 0 Å². The molecule has 0 aliphatic carbocycles. The van der Waals surface area contributed by atoms with Crippen molar-refractivity contribution in [2.45, 2.75) is 13.1 Å². The third-order valence-electron chi connectivity index (χ3n) is 2.07. The van der Waals surface area contributed by atoms with Crippen LogP contribution in [0.5, 0.6) is 0 Å². The summed E-state index contributed by atoms with van der Waals surface area (Å²) in [7, 11) is 1.50. The molecule has 16 heavy (non-hydrogen) atoms. The molecule has 8 heteroatoms. The highest BCUT2D eigenvalue weighted by Gasteiger charge is 2.36. The molecule has 0 aromatic carbocycles. The maximum atomic E-state index is 12.4. The lowest BCUT2D eigenvalue weighted by molar-refractivity contribution is -0.144. The van der Waals surface area contributed by atoms with E-state index >= 15 is 0 Å². The molecule has 2 heterocycles. The van der Waals surface area contributed by atoms with Gasteiger partial charge in [0.15, 0.2) is 5.65 Å². The van der Waals surface area contributed by atoms with Crippen LogP contribution < -0.4 is 0 Å². The van der Waals surface area contributed by atoms with Gasteiger partial charge in [0.25, 0.3) is 0 Å². The molecule has 86 valence electrons. The lowest BCUT2D eigenvalue weighted by atomic mass is 10.3. The van der Waals surface area contributed by atoms with Crippen LogP contribution in [0.4, 0.5) is 13.2 Å². The van der Waals surface area contributed by atoms with Gasteiger partial charge in [0.1, 0.15) is 5.15 Å². The van der Waals surface area contributed by atoms with Crippen molar-refractivity contribution in [1.82, 2.24) is 19.7 Å². The summed E-state index contributed by atoms with van der Waals surface area (Å²) in [6.07, 6.45) is -4.62. The number of fused-ring (bicyclic) bond motifs is 1. The first kappa shape index (κ1) is 11.1. The van der Waals surface area contributed by atoms with Gasteiger partial charge in [-0.2, -0.15) is 18.3 Å². The Balaban J connectivity index is 2.82. The number of aryl methyl sites for hydroxylation is 2. The second-order valence-corrected chi connectivity index (χ2v) is 3.60. The smallest absolute Gasteiger partial charge is 0.250 e. The van der Waals surface area contributed by atoms with Crippen LogP contribution >= 0.6 is 11.6 Å². The third kappa shape index (κ3) is 1.60. The van der Waals surface area contributed by atoms with Crippen molar-refractivity contribution >= 4 is 22.6 Å². The van der Waals surface area contributed by atoms with E-state index < -0.39 is 12.0 Å². The number of nitrogens with zero attached hydrogens (tertiary/aromatic N) is 4. The highest BCUT2D eigenvalue weighted by atomic mass is 35.5. The molecule has 0 fully saturated rings. The predicted octanol–water partition coefficient (Wildman–Crippen LogP) is 2.34.